The molecule has 0 saturated heterocycles. The van der Waals surface area contributed by atoms with Crippen LogP contribution >= 0.6 is 0 Å². The summed E-state index contributed by atoms with van der Waals surface area (Å²) in [5, 5.41) is 0. The van der Waals surface area contributed by atoms with Crippen molar-refractivity contribution >= 4 is 58.4 Å². The third kappa shape index (κ3) is 7.67. The zero-order valence-corrected chi connectivity index (χ0v) is 29.3. The molecule has 254 valence electrons. The van der Waals surface area contributed by atoms with Crippen molar-refractivity contribution in [1.82, 2.24) is 0 Å². The standard InChI is InChI=1S/C48H40N2O2/c1-51-47-35-36-48(52-2)46(34-28-38-25-31-44(32-26-38)50(41-19-11-5-12-20-41)42-21-13-6-14-22-42)45(47)33-27-37-23-29-43(30-24-37)49(39-15-7-3-8-16-39)40-17-9-4-10-18-40/h3-36H,1-2H3. The van der Waals surface area contributed by atoms with Crippen molar-refractivity contribution in [1.29, 1.82) is 0 Å². The lowest BCUT2D eigenvalue weighted by molar-refractivity contribution is 0.401. The summed E-state index contributed by atoms with van der Waals surface area (Å²) >= 11 is 0. The van der Waals surface area contributed by atoms with Crippen LogP contribution in [0.15, 0.2) is 182 Å². The van der Waals surface area contributed by atoms with Crippen LogP contribution < -0.4 is 19.3 Å². The predicted molar refractivity (Wildman–Crippen MR) is 220 cm³/mol. The van der Waals surface area contributed by atoms with Gasteiger partial charge in [0, 0.05) is 45.3 Å². The first-order valence-corrected chi connectivity index (χ1v) is 17.3. The summed E-state index contributed by atoms with van der Waals surface area (Å²) in [6.45, 7) is 0. The number of hydrogen-bond acceptors (Lipinski definition) is 4. The summed E-state index contributed by atoms with van der Waals surface area (Å²) in [6.07, 6.45) is 8.43. The number of ether oxygens (including phenoxy) is 2. The van der Waals surface area contributed by atoms with Gasteiger partial charge in [0.15, 0.2) is 0 Å². The molecule has 4 heteroatoms. The first-order valence-electron chi connectivity index (χ1n) is 17.3. The van der Waals surface area contributed by atoms with E-state index in [1.807, 2.05) is 36.4 Å². The summed E-state index contributed by atoms with van der Waals surface area (Å²) in [5.41, 5.74) is 10.6. The molecule has 0 aliphatic carbocycles. The Bertz CT molecular complexity index is 1990. The summed E-state index contributed by atoms with van der Waals surface area (Å²) in [4.78, 5) is 4.52. The second kappa shape index (κ2) is 16.3. The highest BCUT2D eigenvalue weighted by Crippen LogP contribution is 2.37. The van der Waals surface area contributed by atoms with E-state index in [9.17, 15) is 0 Å². The molecule has 0 N–H and O–H groups in total. The molecule has 4 nitrogen and oxygen atoms in total. The Labute approximate surface area is 306 Å². The van der Waals surface area contributed by atoms with E-state index in [0.717, 1.165) is 67.9 Å². The SMILES string of the molecule is COc1ccc(OC)c(C=Cc2ccc(N(c3ccccc3)c3ccccc3)cc2)c1C=Cc1ccc(N(c2ccccc2)c2ccccc2)cc1. The van der Waals surface area contributed by atoms with Gasteiger partial charge in [-0.1, -0.05) is 109 Å². The van der Waals surface area contributed by atoms with Crippen molar-refractivity contribution in [3.05, 3.63) is 204 Å². The molecular weight excluding hydrogens is 637 g/mol. The molecule has 52 heavy (non-hydrogen) atoms. The van der Waals surface area contributed by atoms with E-state index in [0.29, 0.717) is 0 Å². The van der Waals surface area contributed by atoms with Crippen LogP contribution in [0.4, 0.5) is 34.1 Å². The van der Waals surface area contributed by atoms with Crippen molar-refractivity contribution in [2.24, 2.45) is 0 Å². The molecule has 7 rings (SSSR count). The van der Waals surface area contributed by atoms with Crippen LogP contribution in [0.1, 0.15) is 22.3 Å². The molecular formula is C48H40N2O2. The maximum Gasteiger partial charge on any atom is 0.126 e. The second-order valence-electron chi connectivity index (χ2n) is 12.2. The normalized spacial score (nSPS) is 11.1. The third-order valence-electron chi connectivity index (χ3n) is 8.89. The number of anilines is 6. The van der Waals surface area contributed by atoms with Crippen LogP contribution in [0.25, 0.3) is 24.3 Å². The fourth-order valence-electron chi connectivity index (χ4n) is 6.33. The van der Waals surface area contributed by atoms with Crippen LogP contribution in [0.3, 0.4) is 0 Å². The molecule has 0 aliphatic heterocycles. The largest absolute Gasteiger partial charge is 0.496 e. The molecule has 7 aromatic carbocycles. The smallest absolute Gasteiger partial charge is 0.126 e. The number of nitrogens with zero attached hydrogens (tertiary/aromatic N) is 2. The first-order chi connectivity index (χ1) is 25.7. The topological polar surface area (TPSA) is 24.9 Å². The van der Waals surface area contributed by atoms with Gasteiger partial charge in [0.05, 0.1) is 14.2 Å². The molecule has 0 saturated carbocycles. The Balaban J connectivity index is 1.17. The minimum absolute atomic E-state index is 0.768. The van der Waals surface area contributed by atoms with Gasteiger partial charge in [0.1, 0.15) is 11.5 Å². The van der Waals surface area contributed by atoms with Crippen LogP contribution in [-0.4, -0.2) is 14.2 Å². The molecule has 0 atom stereocenters. The lowest BCUT2D eigenvalue weighted by Crippen LogP contribution is -2.09. The maximum atomic E-state index is 5.85. The molecule has 7 aromatic rings. The van der Waals surface area contributed by atoms with E-state index in [4.69, 9.17) is 9.47 Å². The summed E-state index contributed by atoms with van der Waals surface area (Å²) in [7, 11) is 3.40. The van der Waals surface area contributed by atoms with E-state index in [1.165, 1.54) is 0 Å². The summed E-state index contributed by atoms with van der Waals surface area (Å²) in [6, 6.07) is 62.8. The van der Waals surface area contributed by atoms with Gasteiger partial charge in [-0.3, -0.25) is 0 Å². The highest BCUT2D eigenvalue weighted by molar-refractivity contribution is 5.86. The molecule has 0 fully saturated rings. The van der Waals surface area contributed by atoms with E-state index < -0.39 is 0 Å². The summed E-state index contributed by atoms with van der Waals surface area (Å²) < 4.78 is 11.7. The van der Waals surface area contributed by atoms with Crippen LogP contribution in [0.2, 0.25) is 0 Å². The van der Waals surface area contributed by atoms with Crippen molar-refractivity contribution < 1.29 is 9.47 Å². The van der Waals surface area contributed by atoms with Gasteiger partial charge in [-0.05, 0) is 108 Å². The monoisotopic (exact) mass is 676 g/mol. The highest BCUT2D eigenvalue weighted by atomic mass is 16.5. The number of hydrogen-bond donors (Lipinski definition) is 0. The van der Waals surface area contributed by atoms with Crippen LogP contribution in [-0.2, 0) is 0 Å². The van der Waals surface area contributed by atoms with E-state index in [-0.39, 0.29) is 0 Å². The third-order valence-corrected chi connectivity index (χ3v) is 8.89. The van der Waals surface area contributed by atoms with Gasteiger partial charge in [0.2, 0.25) is 0 Å². The Hall–Kier alpha value is -6.78. The molecule has 0 unspecified atom stereocenters. The van der Waals surface area contributed by atoms with Gasteiger partial charge in [-0.25, -0.2) is 0 Å². The molecule has 0 heterocycles. The van der Waals surface area contributed by atoms with Gasteiger partial charge in [0.25, 0.3) is 0 Å². The zero-order valence-electron chi connectivity index (χ0n) is 29.3. The molecule has 0 aliphatic rings. The molecule has 0 bridgehead atoms. The van der Waals surface area contributed by atoms with Crippen molar-refractivity contribution in [3.63, 3.8) is 0 Å². The van der Waals surface area contributed by atoms with Gasteiger partial charge in [-0.15, -0.1) is 0 Å². The lowest BCUT2D eigenvalue weighted by atomic mass is 10.0. The van der Waals surface area contributed by atoms with Gasteiger partial charge < -0.3 is 19.3 Å². The Morgan fingerprint density at radius 3 is 0.846 bits per heavy atom. The minimum Gasteiger partial charge on any atom is -0.496 e. The fourth-order valence-corrected chi connectivity index (χ4v) is 6.33. The number of methoxy groups -OCH3 is 2. The Morgan fingerprint density at radius 2 is 0.577 bits per heavy atom. The molecule has 0 amide bonds. The average Bonchev–Trinajstić information content (AvgIpc) is 3.22. The van der Waals surface area contributed by atoms with Crippen molar-refractivity contribution in [3.8, 4) is 11.5 Å². The number of para-hydroxylation sites is 4. The maximum absolute atomic E-state index is 5.85. The zero-order chi connectivity index (χ0) is 35.5. The van der Waals surface area contributed by atoms with Gasteiger partial charge >= 0.3 is 0 Å². The van der Waals surface area contributed by atoms with Crippen LogP contribution in [0, 0.1) is 0 Å². The lowest BCUT2D eigenvalue weighted by Gasteiger charge is -2.25. The Kier molecular flexibility index (Phi) is 10.6. The number of benzene rings is 7. The van der Waals surface area contributed by atoms with E-state index >= 15 is 0 Å². The molecule has 0 spiro atoms. The quantitative estimate of drug-likeness (QED) is 0.120. The van der Waals surface area contributed by atoms with Crippen LogP contribution in [0.5, 0.6) is 11.5 Å². The number of rotatable bonds is 12. The van der Waals surface area contributed by atoms with E-state index in [2.05, 4.69) is 180 Å². The Morgan fingerprint density at radius 1 is 0.308 bits per heavy atom. The average molecular weight is 677 g/mol. The van der Waals surface area contributed by atoms with Crippen molar-refractivity contribution in [2.75, 3.05) is 24.0 Å². The fraction of sp³-hybridized carbons (Fsp3) is 0.0417. The molecule has 0 aromatic heterocycles. The summed E-state index contributed by atoms with van der Waals surface area (Å²) in [5.74, 6) is 1.54. The second-order valence-corrected chi connectivity index (χ2v) is 12.2. The minimum atomic E-state index is 0.768. The predicted octanol–water partition coefficient (Wildman–Crippen LogP) is 13.0. The molecule has 0 radical (unpaired) electrons. The highest BCUT2D eigenvalue weighted by Gasteiger charge is 2.14. The first kappa shape index (κ1) is 33.7. The van der Waals surface area contributed by atoms with E-state index in [1.54, 1.807) is 14.2 Å². The van der Waals surface area contributed by atoms with Gasteiger partial charge in [-0.2, -0.15) is 0 Å². The van der Waals surface area contributed by atoms with Crippen molar-refractivity contribution in [2.45, 2.75) is 0 Å².